The molecule has 28 heavy (non-hydrogen) atoms. The van der Waals surface area contributed by atoms with Gasteiger partial charge in [0.05, 0.1) is 12.2 Å². The van der Waals surface area contributed by atoms with Gasteiger partial charge in [0.15, 0.2) is 6.10 Å². The first kappa shape index (κ1) is 19.7. The highest BCUT2D eigenvalue weighted by Gasteiger charge is 2.31. The Hall–Kier alpha value is -3.02. The Morgan fingerprint density at radius 1 is 1.25 bits per heavy atom. The monoisotopic (exact) mass is 382 g/mol. The van der Waals surface area contributed by atoms with Gasteiger partial charge in [-0.05, 0) is 56.2 Å². The summed E-state index contributed by atoms with van der Waals surface area (Å²) in [7, 11) is 0. The Kier molecular flexibility index (Phi) is 6.19. The summed E-state index contributed by atoms with van der Waals surface area (Å²) in [5.41, 5.74) is 2.41. The third kappa shape index (κ3) is 4.63. The first-order valence-corrected chi connectivity index (χ1v) is 9.59. The van der Waals surface area contributed by atoms with Crippen LogP contribution in [0.5, 0.6) is 11.5 Å². The summed E-state index contributed by atoms with van der Waals surface area (Å²) in [6.07, 6.45) is 0.669. The van der Waals surface area contributed by atoms with E-state index in [0.717, 1.165) is 17.7 Å². The molecule has 2 aromatic carbocycles. The maximum atomic E-state index is 12.7. The zero-order valence-electron chi connectivity index (χ0n) is 16.5. The van der Waals surface area contributed by atoms with E-state index in [9.17, 15) is 9.59 Å². The molecule has 0 aromatic heterocycles. The lowest BCUT2D eigenvalue weighted by atomic mass is 10.1. The molecule has 0 radical (unpaired) electrons. The molecule has 2 amide bonds. The second-order valence-corrected chi connectivity index (χ2v) is 6.90. The topological polar surface area (TPSA) is 67.9 Å². The molecule has 1 N–H and O–H groups in total. The van der Waals surface area contributed by atoms with Crippen LogP contribution in [0.15, 0.2) is 42.5 Å². The number of hydrogen-bond acceptors (Lipinski definition) is 4. The van der Waals surface area contributed by atoms with Crippen molar-refractivity contribution in [1.29, 1.82) is 0 Å². The minimum atomic E-state index is -0.563. The number of nitrogens with zero attached hydrogens (tertiary/aromatic N) is 1. The summed E-state index contributed by atoms with van der Waals surface area (Å²) in [5.74, 6) is 1.22. The maximum absolute atomic E-state index is 12.7. The lowest BCUT2D eigenvalue weighted by Crippen LogP contribution is -2.46. The molecule has 6 nitrogen and oxygen atoms in total. The standard InChI is InChI=1S/C22H26N2O4/c1-4-6-21(25)23-17-9-10-20-19(14-17)24(22(26)16(3)28-20)11-12-27-18-8-5-7-15(2)13-18/h5,7-10,13-14,16H,4,6,11-12H2,1-3H3,(H,23,25). The van der Waals surface area contributed by atoms with E-state index in [1.807, 2.05) is 38.1 Å². The molecule has 6 heteroatoms. The van der Waals surface area contributed by atoms with Crippen molar-refractivity contribution in [1.82, 2.24) is 0 Å². The predicted octanol–water partition coefficient (Wildman–Crippen LogP) is 3.93. The van der Waals surface area contributed by atoms with Crippen molar-refractivity contribution in [3.8, 4) is 11.5 Å². The molecule has 3 rings (SSSR count). The number of anilines is 2. The van der Waals surface area contributed by atoms with E-state index in [-0.39, 0.29) is 11.8 Å². The fraction of sp³-hybridized carbons (Fsp3) is 0.364. The molecule has 148 valence electrons. The van der Waals surface area contributed by atoms with E-state index in [1.54, 1.807) is 30.0 Å². The number of nitrogens with one attached hydrogen (secondary N) is 1. The lowest BCUT2D eigenvalue weighted by molar-refractivity contribution is -0.125. The van der Waals surface area contributed by atoms with Gasteiger partial charge in [-0.15, -0.1) is 0 Å². The molecule has 1 heterocycles. The van der Waals surface area contributed by atoms with Crippen LogP contribution in [0, 0.1) is 6.92 Å². The second kappa shape index (κ2) is 8.78. The Bertz CT molecular complexity index is 865. The summed E-state index contributed by atoms with van der Waals surface area (Å²) < 4.78 is 11.5. The molecular weight excluding hydrogens is 356 g/mol. The SMILES string of the molecule is CCCC(=O)Nc1ccc2c(c1)N(CCOc1cccc(C)c1)C(=O)C(C)O2. The summed E-state index contributed by atoms with van der Waals surface area (Å²) in [4.78, 5) is 26.2. The van der Waals surface area contributed by atoms with Crippen LogP contribution in [0.25, 0.3) is 0 Å². The first-order chi connectivity index (χ1) is 13.5. The van der Waals surface area contributed by atoms with Crippen molar-refractivity contribution in [3.63, 3.8) is 0 Å². The van der Waals surface area contributed by atoms with Gasteiger partial charge in [0.25, 0.3) is 5.91 Å². The Morgan fingerprint density at radius 3 is 2.82 bits per heavy atom. The van der Waals surface area contributed by atoms with Crippen molar-refractivity contribution >= 4 is 23.2 Å². The molecule has 0 spiro atoms. The quantitative estimate of drug-likeness (QED) is 0.788. The lowest BCUT2D eigenvalue weighted by Gasteiger charge is -2.33. The maximum Gasteiger partial charge on any atom is 0.267 e. The van der Waals surface area contributed by atoms with Crippen LogP contribution in [0.2, 0.25) is 0 Å². The van der Waals surface area contributed by atoms with Gasteiger partial charge in [0.1, 0.15) is 18.1 Å². The van der Waals surface area contributed by atoms with Crippen molar-refractivity contribution in [2.45, 2.75) is 39.7 Å². The van der Waals surface area contributed by atoms with Gasteiger partial charge in [-0.3, -0.25) is 9.59 Å². The van der Waals surface area contributed by atoms with Gasteiger partial charge in [0.2, 0.25) is 5.91 Å². The predicted molar refractivity (Wildman–Crippen MR) is 109 cm³/mol. The highest BCUT2D eigenvalue weighted by molar-refractivity contribution is 6.01. The zero-order valence-corrected chi connectivity index (χ0v) is 16.5. The molecule has 1 aliphatic heterocycles. The number of ether oxygens (including phenoxy) is 2. The van der Waals surface area contributed by atoms with Gasteiger partial charge < -0.3 is 19.7 Å². The average Bonchev–Trinajstić information content (AvgIpc) is 2.65. The third-order valence-corrected chi connectivity index (χ3v) is 4.50. The van der Waals surface area contributed by atoms with E-state index >= 15 is 0 Å². The second-order valence-electron chi connectivity index (χ2n) is 6.90. The molecular formula is C22H26N2O4. The smallest absolute Gasteiger partial charge is 0.267 e. The van der Waals surface area contributed by atoms with E-state index < -0.39 is 6.10 Å². The summed E-state index contributed by atoms with van der Waals surface area (Å²) in [5, 5.41) is 2.86. The van der Waals surface area contributed by atoms with Crippen molar-refractivity contribution in [2.24, 2.45) is 0 Å². The van der Waals surface area contributed by atoms with Gasteiger partial charge in [-0.2, -0.15) is 0 Å². The first-order valence-electron chi connectivity index (χ1n) is 9.59. The van der Waals surface area contributed by atoms with Crippen LogP contribution in [-0.4, -0.2) is 31.1 Å². The zero-order chi connectivity index (χ0) is 20.1. The van der Waals surface area contributed by atoms with Crippen LogP contribution >= 0.6 is 0 Å². The molecule has 0 saturated heterocycles. The molecule has 2 aromatic rings. The van der Waals surface area contributed by atoms with Crippen LogP contribution in [0.1, 0.15) is 32.3 Å². The minimum absolute atomic E-state index is 0.0480. The minimum Gasteiger partial charge on any atom is -0.492 e. The van der Waals surface area contributed by atoms with Crippen LogP contribution in [0.4, 0.5) is 11.4 Å². The molecule has 1 aliphatic rings. The number of amides is 2. The molecule has 1 atom stereocenters. The van der Waals surface area contributed by atoms with Gasteiger partial charge in [-0.1, -0.05) is 19.1 Å². The summed E-state index contributed by atoms with van der Waals surface area (Å²) >= 11 is 0. The Labute approximate surface area is 165 Å². The largest absolute Gasteiger partial charge is 0.492 e. The van der Waals surface area contributed by atoms with Crippen molar-refractivity contribution in [2.75, 3.05) is 23.4 Å². The fourth-order valence-corrected chi connectivity index (χ4v) is 3.13. The number of hydrogen-bond donors (Lipinski definition) is 1. The number of benzene rings is 2. The fourth-order valence-electron chi connectivity index (χ4n) is 3.13. The van der Waals surface area contributed by atoms with Gasteiger partial charge in [0, 0.05) is 12.1 Å². The summed E-state index contributed by atoms with van der Waals surface area (Å²) in [6.45, 7) is 6.44. The normalized spacial score (nSPS) is 15.6. The number of rotatable bonds is 7. The molecule has 0 aliphatic carbocycles. The average molecular weight is 382 g/mol. The highest BCUT2D eigenvalue weighted by Crippen LogP contribution is 2.36. The number of carbonyl (C=O) groups excluding carboxylic acids is 2. The van der Waals surface area contributed by atoms with Crippen molar-refractivity contribution < 1.29 is 19.1 Å². The van der Waals surface area contributed by atoms with Gasteiger partial charge >= 0.3 is 0 Å². The Morgan fingerprint density at radius 2 is 2.07 bits per heavy atom. The van der Waals surface area contributed by atoms with E-state index in [2.05, 4.69) is 5.32 Å². The highest BCUT2D eigenvalue weighted by atomic mass is 16.5. The number of carbonyl (C=O) groups is 2. The van der Waals surface area contributed by atoms with E-state index in [0.29, 0.717) is 36.7 Å². The molecule has 0 bridgehead atoms. The van der Waals surface area contributed by atoms with E-state index in [4.69, 9.17) is 9.47 Å². The summed E-state index contributed by atoms with van der Waals surface area (Å²) in [6, 6.07) is 13.1. The van der Waals surface area contributed by atoms with Crippen molar-refractivity contribution in [3.05, 3.63) is 48.0 Å². The van der Waals surface area contributed by atoms with Crippen LogP contribution in [0.3, 0.4) is 0 Å². The Balaban J connectivity index is 1.75. The van der Waals surface area contributed by atoms with Gasteiger partial charge in [-0.25, -0.2) is 0 Å². The third-order valence-electron chi connectivity index (χ3n) is 4.50. The molecule has 0 saturated carbocycles. The molecule has 1 unspecified atom stereocenters. The van der Waals surface area contributed by atoms with Crippen LogP contribution in [-0.2, 0) is 9.59 Å². The number of fused-ring (bicyclic) bond motifs is 1. The number of aryl methyl sites for hydroxylation is 1. The van der Waals surface area contributed by atoms with Crippen LogP contribution < -0.4 is 19.7 Å². The van der Waals surface area contributed by atoms with E-state index in [1.165, 1.54) is 0 Å². The molecule has 0 fully saturated rings.